The first-order valence-electron chi connectivity index (χ1n) is 1.73. The third-order valence-corrected chi connectivity index (χ3v) is 0.708. The lowest BCUT2D eigenvalue weighted by molar-refractivity contribution is 0.407. The molecule has 0 amide bonds. The molecule has 0 N–H and O–H groups in total. The summed E-state index contributed by atoms with van der Waals surface area (Å²) in [6, 6.07) is 1.54. The number of aromatic nitrogens is 1. The van der Waals surface area contributed by atoms with Gasteiger partial charge in [-0.1, -0.05) is 16.8 Å². The largest absolute Gasteiger partial charge is 0.360 e. The van der Waals surface area contributed by atoms with E-state index in [2.05, 4.69) is 16.6 Å². The third-order valence-electron chi connectivity index (χ3n) is 0.530. The minimum absolute atomic E-state index is 0.352. The topological polar surface area (TPSA) is 26.0 Å². The minimum atomic E-state index is 0.352. The van der Waals surface area contributed by atoms with E-state index in [0.29, 0.717) is 10.9 Å². The lowest BCUT2D eigenvalue weighted by Crippen LogP contribution is -1.51. The van der Waals surface area contributed by atoms with Crippen LogP contribution in [0, 0.1) is 6.92 Å². The van der Waals surface area contributed by atoms with Crippen molar-refractivity contribution in [2.45, 2.75) is 0 Å². The second-order valence-corrected chi connectivity index (χ2v) is 1.50. The molecule has 0 aliphatic rings. The molecule has 1 aromatic heterocycles. The summed E-state index contributed by atoms with van der Waals surface area (Å²) in [5.74, 6) is 0.491. The summed E-state index contributed by atoms with van der Waals surface area (Å²) in [7, 11) is 0. The fraction of sp³-hybridized carbons (Fsp3) is 0. The Hall–Kier alpha value is -0.500. The van der Waals surface area contributed by atoms with Gasteiger partial charge in [0.2, 0.25) is 0 Å². The summed E-state index contributed by atoms with van der Waals surface area (Å²) in [5.41, 5.74) is 0. The molecule has 0 aromatic carbocycles. The summed E-state index contributed by atoms with van der Waals surface area (Å²) in [6.07, 6.45) is 0. The van der Waals surface area contributed by atoms with Crippen molar-refractivity contribution in [3.05, 3.63) is 23.9 Å². The molecule has 1 heterocycles. The second-order valence-electron chi connectivity index (χ2n) is 1.12. The quantitative estimate of drug-likeness (QED) is 0.514. The van der Waals surface area contributed by atoms with Crippen LogP contribution in [0.3, 0.4) is 0 Å². The van der Waals surface area contributed by atoms with Gasteiger partial charge in [0.05, 0.1) is 0 Å². The molecule has 0 unspecified atom stereocenters. The molecule has 1 aromatic rings. The molecule has 0 aliphatic carbocycles. The smallest absolute Gasteiger partial charge is 0.172 e. The first-order valence-corrected chi connectivity index (χ1v) is 2.11. The zero-order valence-corrected chi connectivity index (χ0v) is 4.27. The Kier molecular flexibility index (Phi) is 1.02. The monoisotopic (exact) mass is 116 g/mol. The van der Waals surface area contributed by atoms with Crippen LogP contribution in [0.5, 0.6) is 0 Å². The first-order chi connectivity index (χ1) is 3.29. The molecular formula is C4H3ClNO. The average molecular weight is 117 g/mol. The maximum absolute atomic E-state index is 5.32. The molecule has 0 atom stereocenters. The van der Waals surface area contributed by atoms with Crippen molar-refractivity contribution in [2.24, 2.45) is 0 Å². The van der Waals surface area contributed by atoms with Crippen LogP contribution in [0.1, 0.15) is 5.76 Å². The highest BCUT2D eigenvalue weighted by molar-refractivity contribution is 6.29. The summed E-state index contributed by atoms with van der Waals surface area (Å²) < 4.78 is 4.47. The van der Waals surface area contributed by atoms with Gasteiger partial charge < -0.3 is 4.52 Å². The highest BCUT2D eigenvalue weighted by Gasteiger charge is 1.90. The van der Waals surface area contributed by atoms with Gasteiger partial charge in [-0.15, -0.1) is 0 Å². The summed E-state index contributed by atoms with van der Waals surface area (Å²) in [5, 5.41) is 3.70. The van der Waals surface area contributed by atoms with E-state index in [9.17, 15) is 0 Å². The standard InChI is InChI=1S/C4H3ClNO/c1-3-2-4(5)6-7-3/h2H,1H2. The number of hydrogen-bond acceptors (Lipinski definition) is 2. The Balaban J connectivity index is 3.04. The Labute approximate surface area is 46.1 Å². The Bertz CT molecular complexity index is 144. The van der Waals surface area contributed by atoms with E-state index < -0.39 is 0 Å². The lowest BCUT2D eigenvalue weighted by atomic mass is 10.5. The molecule has 0 fully saturated rings. The number of hydrogen-bond donors (Lipinski definition) is 0. The molecule has 0 aliphatic heterocycles. The van der Waals surface area contributed by atoms with Crippen LogP contribution in [0.15, 0.2) is 10.6 Å². The molecule has 2 nitrogen and oxygen atoms in total. The molecule has 1 radical (unpaired) electrons. The predicted octanol–water partition coefficient (Wildman–Crippen LogP) is 1.51. The second kappa shape index (κ2) is 1.54. The van der Waals surface area contributed by atoms with Gasteiger partial charge in [-0.25, -0.2) is 0 Å². The van der Waals surface area contributed by atoms with E-state index in [1.165, 1.54) is 0 Å². The molecule has 0 saturated carbocycles. The van der Waals surface area contributed by atoms with Gasteiger partial charge in [0.15, 0.2) is 5.15 Å². The van der Waals surface area contributed by atoms with E-state index in [1.54, 1.807) is 6.07 Å². The maximum atomic E-state index is 5.32. The van der Waals surface area contributed by atoms with E-state index in [0.717, 1.165) is 0 Å². The van der Waals surface area contributed by atoms with Crippen molar-refractivity contribution < 1.29 is 4.52 Å². The summed E-state index contributed by atoms with van der Waals surface area (Å²) in [4.78, 5) is 0. The van der Waals surface area contributed by atoms with Crippen LogP contribution in [-0.4, -0.2) is 5.16 Å². The molecule has 0 saturated heterocycles. The van der Waals surface area contributed by atoms with E-state index >= 15 is 0 Å². The normalized spacial score (nSPS) is 9.43. The van der Waals surface area contributed by atoms with Gasteiger partial charge in [-0.2, -0.15) is 0 Å². The van der Waals surface area contributed by atoms with Gasteiger partial charge in [0.25, 0.3) is 0 Å². The number of halogens is 1. The Morgan fingerprint density at radius 2 is 2.57 bits per heavy atom. The number of nitrogens with zero attached hydrogens (tertiary/aromatic N) is 1. The highest BCUT2D eigenvalue weighted by Crippen LogP contribution is 2.05. The Morgan fingerprint density at radius 3 is 2.71 bits per heavy atom. The van der Waals surface area contributed by atoms with Crippen molar-refractivity contribution in [1.29, 1.82) is 0 Å². The average Bonchev–Trinajstić information content (AvgIpc) is 1.87. The van der Waals surface area contributed by atoms with Crippen LogP contribution in [0.25, 0.3) is 0 Å². The minimum Gasteiger partial charge on any atom is -0.360 e. The molecule has 37 valence electrons. The van der Waals surface area contributed by atoms with Crippen molar-refractivity contribution >= 4 is 11.6 Å². The molecule has 7 heavy (non-hydrogen) atoms. The molecule has 3 heteroatoms. The highest BCUT2D eigenvalue weighted by atomic mass is 35.5. The van der Waals surface area contributed by atoms with Crippen LogP contribution >= 0.6 is 11.6 Å². The van der Waals surface area contributed by atoms with Gasteiger partial charge in [-0.3, -0.25) is 0 Å². The van der Waals surface area contributed by atoms with E-state index in [4.69, 9.17) is 11.6 Å². The van der Waals surface area contributed by atoms with E-state index in [-0.39, 0.29) is 0 Å². The van der Waals surface area contributed by atoms with E-state index in [1.807, 2.05) is 0 Å². The van der Waals surface area contributed by atoms with Crippen LogP contribution in [0.4, 0.5) is 0 Å². The van der Waals surface area contributed by atoms with Crippen molar-refractivity contribution in [3.8, 4) is 0 Å². The van der Waals surface area contributed by atoms with Crippen molar-refractivity contribution in [1.82, 2.24) is 5.16 Å². The van der Waals surface area contributed by atoms with Crippen molar-refractivity contribution in [3.63, 3.8) is 0 Å². The molecule has 0 bridgehead atoms. The van der Waals surface area contributed by atoms with Crippen LogP contribution < -0.4 is 0 Å². The van der Waals surface area contributed by atoms with Gasteiger partial charge >= 0.3 is 0 Å². The number of rotatable bonds is 0. The predicted molar refractivity (Wildman–Crippen MR) is 26.0 cm³/mol. The maximum Gasteiger partial charge on any atom is 0.172 e. The third kappa shape index (κ3) is 0.933. The molecule has 0 spiro atoms. The van der Waals surface area contributed by atoms with Gasteiger partial charge in [-0.05, 0) is 0 Å². The lowest BCUT2D eigenvalue weighted by Gasteiger charge is -1.64. The Morgan fingerprint density at radius 1 is 1.86 bits per heavy atom. The zero-order chi connectivity index (χ0) is 5.28. The van der Waals surface area contributed by atoms with Gasteiger partial charge in [0.1, 0.15) is 5.76 Å². The fourth-order valence-electron chi connectivity index (χ4n) is 0.288. The molecular weight excluding hydrogens is 114 g/mol. The fourth-order valence-corrected chi connectivity index (χ4v) is 0.444. The van der Waals surface area contributed by atoms with Crippen molar-refractivity contribution in [2.75, 3.05) is 0 Å². The summed E-state index contributed by atoms with van der Waals surface area (Å²) in [6.45, 7) is 3.43. The SMILES string of the molecule is [CH2]c1cc(Cl)no1. The molecule has 1 rings (SSSR count). The zero-order valence-electron chi connectivity index (χ0n) is 3.52. The van der Waals surface area contributed by atoms with Crippen LogP contribution in [0.2, 0.25) is 5.15 Å². The van der Waals surface area contributed by atoms with Crippen LogP contribution in [-0.2, 0) is 0 Å². The first kappa shape index (κ1) is 4.65. The van der Waals surface area contributed by atoms with Gasteiger partial charge in [0, 0.05) is 13.0 Å². The summed E-state index contributed by atoms with van der Waals surface area (Å²) >= 11 is 5.32.